The SMILES string of the molecule is CC(CN)N(C)Cc1cc(F)cc(F)c1. The average Bonchev–Trinajstić information content (AvgIpc) is 2.14. The van der Waals surface area contributed by atoms with Gasteiger partial charge in [-0.25, -0.2) is 8.78 Å². The van der Waals surface area contributed by atoms with Gasteiger partial charge in [0, 0.05) is 25.2 Å². The summed E-state index contributed by atoms with van der Waals surface area (Å²) in [5.74, 6) is -1.09. The lowest BCUT2D eigenvalue weighted by molar-refractivity contribution is 0.254. The van der Waals surface area contributed by atoms with Gasteiger partial charge in [-0.2, -0.15) is 0 Å². The van der Waals surface area contributed by atoms with Crippen LogP contribution in [0.4, 0.5) is 8.78 Å². The highest BCUT2D eigenvalue weighted by molar-refractivity contribution is 5.17. The number of halogens is 2. The van der Waals surface area contributed by atoms with E-state index in [0.29, 0.717) is 18.7 Å². The van der Waals surface area contributed by atoms with Crippen molar-refractivity contribution in [3.63, 3.8) is 0 Å². The van der Waals surface area contributed by atoms with Crippen molar-refractivity contribution >= 4 is 0 Å². The van der Waals surface area contributed by atoms with E-state index in [9.17, 15) is 8.78 Å². The van der Waals surface area contributed by atoms with Crippen LogP contribution in [0.2, 0.25) is 0 Å². The topological polar surface area (TPSA) is 29.3 Å². The maximum atomic E-state index is 12.9. The molecule has 1 aromatic carbocycles. The van der Waals surface area contributed by atoms with Gasteiger partial charge in [-0.1, -0.05) is 0 Å². The van der Waals surface area contributed by atoms with Gasteiger partial charge in [0.2, 0.25) is 0 Å². The zero-order chi connectivity index (χ0) is 11.4. The Hall–Kier alpha value is -1.00. The maximum absolute atomic E-state index is 12.9. The summed E-state index contributed by atoms with van der Waals surface area (Å²) in [5, 5.41) is 0. The molecular formula is C11H16F2N2. The fourth-order valence-corrected chi connectivity index (χ4v) is 1.33. The Morgan fingerprint density at radius 2 is 1.80 bits per heavy atom. The molecule has 0 bridgehead atoms. The molecule has 0 amide bonds. The Balaban J connectivity index is 2.72. The predicted octanol–water partition coefficient (Wildman–Crippen LogP) is 1.74. The summed E-state index contributed by atoms with van der Waals surface area (Å²) < 4.78 is 25.8. The highest BCUT2D eigenvalue weighted by atomic mass is 19.1. The minimum absolute atomic E-state index is 0.191. The summed E-state index contributed by atoms with van der Waals surface area (Å²) in [5.41, 5.74) is 6.12. The first-order chi connectivity index (χ1) is 7.02. The van der Waals surface area contributed by atoms with E-state index in [0.717, 1.165) is 6.07 Å². The highest BCUT2D eigenvalue weighted by Gasteiger charge is 2.08. The molecule has 0 saturated heterocycles. The Labute approximate surface area is 88.7 Å². The van der Waals surface area contributed by atoms with E-state index >= 15 is 0 Å². The highest BCUT2D eigenvalue weighted by Crippen LogP contribution is 2.10. The summed E-state index contributed by atoms with van der Waals surface area (Å²) in [6.07, 6.45) is 0. The summed E-state index contributed by atoms with van der Waals surface area (Å²) >= 11 is 0. The largest absolute Gasteiger partial charge is 0.329 e. The number of hydrogen-bond acceptors (Lipinski definition) is 2. The molecule has 4 heteroatoms. The minimum atomic E-state index is -0.543. The lowest BCUT2D eigenvalue weighted by Gasteiger charge is -2.23. The molecule has 1 atom stereocenters. The maximum Gasteiger partial charge on any atom is 0.126 e. The number of likely N-dealkylation sites (N-methyl/N-ethyl adjacent to an activating group) is 1. The van der Waals surface area contributed by atoms with Crippen molar-refractivity contribution in [1.29, 1.82) is 0 Å². The van der Waals surface area contributed by atoms with Crippen molar-refractivity contribution in [1.82, 2.24) is 4.90 Å². The van der Waals surface area contributed by atoms with E-state index in [1.807, 2.05) is 18.9 Å². The molecule has 1 unspecified atom stereocenters. The van der Waals surface area contributed by atoms with Crippen molar-refractivity contribution in [3.05, 3.63) is 35.4 Å². The molecule has 0 aliphatic carbocycles. The van der Waals surface area contributed by atoms with Crippen LogP contribution in [0.1, 0.15) is 12.5 Å². The van der Waals surface area contributed by atoms with E-state index in [4.69, 9.17) is 5.73 Å². The van der Waals surface area contributed by atoms with Crippen molar-refractivity contribution in [2.45, 2.75) is 19.5 Å². The molecular weight excluding hydrogens is 198 g/mol. The van der Waals surface area contributed by atoms with Gasteiger partial charge in [-0.15, -0.1) is 0 Å². The molecule has 0 aliphatic rings. The van der Waals surface area contributed by atoms with Gasteiger partial charge in [0.15, 0.2) is 0 Å². The molecule has 0 aromatic heterocycles. The lowest BCUT2D eigenvalue weighted by atomic mass is 10.2. The van der Waals surface area contributed by atoms with Gasteiger partial charge in [0.05, 0.1) is 0 Å². The summed E-state index contributed by atoms with van der Waals surface area (Å²) in [7, 11) is 1.88. The standard InChI is InChI=1S/C11H16F2N2/c1-8(6-14)15(2)7-9-3-10(12)5-11(13)4-9/h3-5,8H,6-7,14H2,1-2H3. The van der Waals surface area contributed by atoms with Crippen LogP contribution in [0.25, 0.3) is 0 Å². The molecule has 0 heterocycles. The minimum Gasteiger partial charge on any atom is -0.329 e. The third kappa shape index (κ3) is 3.57. The molecule has 2 N–H and O–H groups in total. The molecule has 0 saturated carbocycles. The average molecular weight is 214 g/mol. The third-order valence-electron chi connectivity index (χ3n) is 2.45. The monoisotopic (exact) mass is 214 g/mol. The van der Waals surface area contributed by atoms with Crippen molar-refractivity contribution in [3.8, 4) is 0 Å². The van der Waals surface area contributed by atoms with Crippen LogP contribution >= 0.6 is 0 Å². The van der Waals surface area contributed by atoms with Gasteiger partial charge in [-0.3, -0.25) is 4.90 Å². The van der Waals surface area contributed by atoms with Gasteiger partial charge >= 0.3 is 0 Å². The quantitative estimate of drug-likeness (QED) is 0.827. The Morgan fingerprint density at radius 1 is 1.27 bits per heavy atom. The Morgan fingerprint density at radius 3 is 2.27 bits per heavy atom. The van der Waals surface area contributed by atoms with Crippen LogP contribution in [0.15, 0.2) is 18.2 Å². The van der Waals surface area contributed by atoms with E-state index in [1.54, 1.807) is 0 Å². The van der Waals surface area contributed by atoms with Gasteiger partial charge in [0.1, 0.15) is 11.6 Å². The normalized spacial score (nSPS) is 13.2. The van der Waals surface area contributed by atoms with E-state index in [-0.39, 0.29) is 6.04 Å². The van der Waals surface area contributed by atoms with Crippen molar-refractivity contribution in [2.24, 2.45) is 5.73 Å². The second-order valence-corrected chi connectivity index (χ2v) is 3.78. The molecule has 15 heavy (non-hydrogen) atoms. The molecule has 1 aromatic rings. The second-order valence-electron chi connectivity index (χ2n) is 3.78. The lowest BCUT2D eigenvalue weighted by Crippen LogP contribution is -2.34. The van der Waals surface area contributed by atoms with E-state index in [2.05, 4.69) is 0 Å². The molecule has 2 nitrogen and oxygen atoms in total. The number of hydrogen-bond donors (Lipinski definition) is 1. The van der Waals surface area contributed by atoms with Crippen LogP contribution < -0.4 is 5.73 Å². The van der Waals surface area contributed by atoms with Gasteiger partial charge in [-0.05, 0) is 31.7 Å². The molecule has 1 rings (SSSR count). The Kier molecular flexibility index (Phi) is 4.17. The van der Waals surface area contributed by atoms with Crippen LogP contribution in [-0.4, -0.2) is 24.5 Å². The van der Waals surface area contributed by atoms with Crippen LogP contribution in [0.5, 0.6) is 0 Å². The van der Waals surface area contributed by atoms with Crippen LogP contribution in [-0.2, 0) is 6.54 Å². The van der Waals surface area contributed by atoms with E-state index < -0.39 is 11.6 Å². The second kappa shape index (κ2) is 5.19. The summed E-state index contributed by atoms with van der Waals surface area (Å²) in [6.45, 7) is 2.98. The van der Waals surface area contributed by atoms with Crippen molar-refractivity contribution in [2.75, 3.05) is 13.6 Å². The van der Waals surface area contributed by atoms with Gasteiger partial charge in [0.25, 0.3) is 0 Å². The fourth-order valence-electron chi connectivity index (χ4n) is 1.33. The van der Waals surface area contributed by atoms with Gasteiger partial charge < -0.3 is 5.73 Å². The first-order valence-electron chi connectivity index (χ1n) is 4.88. The van der Waals surface area contributed by atoms with Crippen LogP contribution in [0, 0.1) is 11.6 Å². The van der Waals surface area contributed by atoms with Crippen molar-refractivity contribution < 1.29 is 8.78 Å². The Bertz CT molecular complexity index is 308. The smallest absolute Gasteiger partial charge is 0.126 e. The first-order valence-corrected chi connectivity index (χ1v) is 4.88. The number of benzene rings is 1. The molecule has 0 spiro atoms. The number of nitrogens with two attached hydrogens (primary N) is 1. The predicted molar refractivity (Wildman–Crippen MR) is 56.3 cm³/mol. The molecule has 0 radical (unpaired) electrons. The molecule has 0 fully saturated rings. The number of rotatable bonds is 4. The van der Waals surface area contributed by atoms with Crippen LogP contribution in [0.3, 0.4) is 0 Å². The zero-order valence-corrected chi connectivity index (χ0v) is 9.00. The number of nitrogens with zero attached hydrogens (tertiary/aromatic N) is 1. The summed E-state index contributed by atoms with van der Waals surface area (Å²) in [6, 6.07) is 3.73. The fraction of sp³-hybridized carbons (Fsp3) is 0.455. The molecule has 84 valence electrons. The first kappa shape index (κ1) is 12.1. The third-order valence-corrected chi connectivity index (χ3v) is 2.45. The summed E-state index contributed by atoms with van der Waals surface area (Å²) in [4.78, 5) is 1.95. The molecule has 0 aliphatic heterocycles. The van der Waals surface area contributed by atoms with E-state index in [1.165, 1.54) is 12.1 Å². The zero-order valence-electron chi connectivity index (χ0n) is 9.00.